The van der Waals surface area contributed by atoms with E-state index in [0.29, 0.717) is 5.92 Å². The maximum absolute atomic E-state index is 12.3. The second kappa shape index (κ2) is 7.47. The lowest BCUT2D eigenvalue weighted by molar-refractivity contribution is -0.135. The summed E-state index contributed by atoms with van der Waals surface area (Å²) in [5.74, 6) is 1.24. The number of methoxy groups -OCH3 is 1. The Morgan fingerprint density at radius 2 is 2.04 bits per heavy atom. The highest BCUT2D eigenvalue weighted by Crippen LogP contribution is 2.21. The van der Waals surface area contributed by atoms with Crippen molar-refractivity contribution in [1.29, 1.82) is 0 Å². The van der Waals surface area contributed by atoms with Crippen LogP contribution >= 0.6 is 0 Å². The third-order valence-electron chi connectivity index (χ3n) is 4.36. The number of carbonyl (C=O) groups is 1. The predicted octanol–water partition coefficient (Wildman–Crippen LogP) is 3.10. The van der Waals surface area contributed by atoms with Crippen molar-refractivity contribution in [2.45, 2.75) is 12.8 Å². The van der Waals surface area contributed by atoms with Crippen LogP contribution < -0.4 is 4.74 Å². The molecule has 0 saturated carbocycles. The van der Waals surface area contributed by atoms with Crippen molar-refractivity contribution < 1.29 is 14.3 Å². The number of piperidine rings is 1. The molecule has 4 heteroatoms. The summed E-state index contributed by atoms with van der Waals surface area (Å²) in [6.45, 7) is 2.40. The summed E-state index contributed by atoms with van der Waals surface area (Å²) in [5.41, 5.74) is 0. The van der Waals surface area contributed by atoms with Gasteiger partial charge in [0.15, 0.2) is 6.61 Å². The average Bonchev–Trinajstić information content (AvgIpc) is 2.60. The molecule has 2 aromatic carbocycles. The van der Waals surface area contributed by atoms with Gasteiger partial charge in [-0.25, -0.2) is 0 Å². The van der Waals surface area contributed by atoms with Crippen LogP contribution in [0.5, 0.6) is 5.75 Å². The quantitative estimate of drug-likeness (QED) is 0.851. The molecule has 4 nitrogen and oxygen atoms in total. The molecule has 0 bridgehead atoms. The zero-order chi connectivity index (χ0) is 16.1. The molecule has 1 aliphatic heterocycles. The van der Waals surface area contributed by atoms with Gasteiger partial charge in [-0.1, -0.05) is 30.3 Å². The summed E-state index contributed by atoms with van der Waals surface area (Å²) in [5, 5.41) is 2.29. The summed E-state index contributed by atoms with van der Waals surface area (Å²) < 4.78 is 10.9. The van der Waals surface area contributed by atoms with Crippen LogP contribution in [0.3, 0.4) is 0 Å². The zero-order valence-electron chi connectivity index (χ0n) is 13.5. The monoisotopic (exact) mass is 313 g/mol. The van der Waals surface area contributed by atoms with E-state index in [2.05, 4.69) is 6.07 Å². The van der Waals surface area contributed by atoms with Gasteiger partial charge in [0.1, 0.15) is 5.75 Å². The fourth-order valence-electron chi connectivity index (χ4n) is 3.16. The molecule has 2 aromatic rings. The number of ether oxygens (including phenoxy) is 2. The minimum Gasteiger partial charge on any atom is -0.484 e. The molecule has 0 aromatic heterocycles. The second-order valence-corrected chi connectivity index (χ2v) is 6.10. The Balaban J connectivity index is 1.57. The summed E-state index contributed by atoms with van der Waals surface area (Å²) in [6.07, 6.45) is 2.17. The highest BCUT2D eigenvalue weighted by atomic mass is 16.5. The number of hydrogen-bond acceptors (Lipinski definition) is 3. The van der Waals surface area contributed by atoms with E-state index in [1.807, 2.05) is 41.3 Å². The molecule has 1 unspecified atom stereocenters. The van der Waals surface area contributed by atoms with Gasteiger partial charge in [-0.3, -0.25) is 4.79 Å². The van der Waals surface area contributed by atoms with Crippen molar-refractivity contribution in [1.82, 2.24) is 4.90 Å². The molecule has 1 heterocycles. The van der Waals surface area contributed by atoms with Gasteiger partial charge in [-0.2, -0.15) is 0 Å². The third kappa shape index (κ3) is 4.02. The van der Waals surface area contributed by atoms with Crippen molar-refractivity contribution in [3.05, 3.63) is 42.5 Å². The van der Waals surface area contributed by atoms with Gasteiger partial charge in [0, 0.05) is 20.2 Å². The van der Waals surface area contributed by atoms with Gasteiger partial charge in [0.05, 0.1) is 6.61 Å². The summed E-state index contributed by atoms with van der Waals surface area (Å²) >= 11 is 0. The highest BCUT2D eigenvalue weighted by molar-refractivity contribution is 5.84. The van der Waals surface area contributed by atoms with E-state index in [0.717, 1.165) is 43.7 Å². The van der Waals surface area contributed by atoms with E-state index in [1.165, 1.54) is 5.39 Å². The van der Waals surface area contributed by atoms with Gasteiger partial charge in [0.2, 0.25) is 0 Å². The number of rotatable bonds is 5. The van der Waals surface area contributed by atoms with Crippen molar-refractivity contribution in [2.75, 3.05) is 33.4 Å². The van der Waals surface area contributed by atoms with E-state index >= 15 is 0 Å². The molecule has 0 spiro atoms. The Hall–Kier alpha value is -2.07. The van der Waals surface area contributed by atoms with E-state index in [4.69, 9.17) is 9.47 Å². The average molecular weight is 313 g/mol. The molecule has 1 aliphatic rings. The zero-order valence-corrected chi connectivity index (χ0v) is 13.5. The Morgan fingerprint density at radius 3 is 2.87 bits per heavy atom. The first kappa shape index (κ1) is 15.8. The maximum atomic E-state index is 12.3. The Labute approximate surface area is 137 Å². The lowest BCUT2D eigenvalue weighted by Gasteiger charge is -2.32. The van der Waals surface area contributed by atoms with Crippen LogP contribution in [0.2, 0.25) is 0 Å². The standard InChI is InChI=1S/C19H23NO3/c1-22-13-15-5-4-10-20(12-15)19(21)14-23-18-9-8-16-6-2-3-7-17(16)11-18/h2-3,6-9,11,15H,4-5,10,12-14H2,1H3. The predicted molar refractivity (Wildman–Crippen MR) is 90.6 cm³/mol. The number of benzene rings is 2. The smallest absolute Gasteiger partial charge is 0.260 e. The molecule has 122 valence electrons. The molecular formula is C19H23NO3. The number of hydrogen-bond donors (Lipinski definition) is 0. The Bertz CT molecular complexity index is 668. The maximum Gasteiger partial charge on any atom is 0.260 e. The molecular weight excluding hydrogens is 290 g/mol. The number of nitrogens with zero attached hydrogens (tertiary/aromatic N) is 1. The first-order chi connectivity index (χ1) is 11.3. The number of likely N-dealkylation sites (tertiary alicyclic amines) is 1. The normalized spacial score (nSPS) is 18.1. The lowest BCUT2D eigenvalue weighted by atomic mass is 9.99. The third-order valence-corrected chi connectivity index (χ3v) is 4.36. The van der Waals surface area contributed by atoms with Crippen LogP contribution in [0, 0.1) is 5.92 Å². The molecule has 0 radical (unpaired) electrons. The van der Waals surface area contributed by atoms with E-state index < -0.39 is 0 Å². The molecule has 1 amide bonds. The van der Waals surface area contributed by atoms with Crippen molar-refractivity contribution in [3.63, 3.8) is 0 Å². The highest BCUT2D eigenvalue weighted by Gasteiger charge is 2.23. The largest absolute Gasteiger partial charge is 0.484 e. The van der Waals surface area contributed by atoms with Gasteiger partial charge < -0.3 is 14.4 Å². The van der Waals surface area contributed by atoms with Gasteiger partial charge >= 0.3 is 0 Å². The minimum atomic E-state index is 0.0546. The Morgan fingerprint density at radius 1 is 1.22 bits per heavy atom. The fourth-order valence-corrected chi connectivity index (χ4v) is 3.16. The molecule has 0 N–H and O–H groups in total. The lowest BCUT2D eigenvalue weighted by Crippen LogP contribution is -2.43. The van der Waals surface area contributed by atoms with Gasteiger partial charge in [-0.15, -0.1) is 0 Å². The molecule has 3 rings (SSSR count). The van der Waals surface area contributed by atoms with Crippen LogP contribution in [0.25, 0.3) is 10.8 Å². The fraction of sp³-hybridized carbons (Fsp3) is 0.421. The molecule has 1 atom stereocenters. The van der Waals surface area contributed by atoms with Crippen molar-refractivity contribution in [2.24, 2.45) is 5.92 Å². The van der Waals surface area contributed by atoms with Crippen molar-refractivity contribution >= 4 is 16.7 Å². The van der Waals surface area contributed by atoms with E-state index in [1.54, 1.807) is 7.11 Å². The van der Waals surface area contributed by atoms with E-state index in [-0.39, 0.29) is 12.5 Å². The molecule has 23 heavy (non-hydrogen) atoms. The SMILES string of the molecule is COCC1CCCN(C(=O)COc2ccc3ccccc3c2)C1. The Kier molecular flexibility index (Phi) is 5.13. The topological polar surface area (TPSA) is 38.8 Å². The summed E-state index contributed by atoms with van der Waals surface area (Å²) in [6, 6.07) is 14.0. The van der Waals surface area contributed by atoms with Crippen molar-refractivity contribution in [3.8, 4) is 5.75 Å². The molecule has 0 aliphatic carbocycles. The molecule has 1 fully saturated rings. The van der Waals surface area contributed by atoms with Crippen LogP contribution in [-0.4, -0.2) is 44.2 Å². The number of carbonyl (C=O) groups excluding carboxylic acids is 1. The second-order valence-electron chi connectivity index (χ2n) is 6.10. The van der Waals surface area contributed by atoms with Crippen LogP contribution in [0.1, 0.15) is 12.8 Å². The number of fused-ring (bicyclic) bond motifs is 1. The summed E-state index contributed by atoms with van der Waals surface area (Å²) in [7, 11) is 1.71. The van der Waals surface area contributed by atoms with Crippen LogP contribution in [-0.2, 0) is 9.53 Å². The van der Waals surface area contributed by atoms with Gasteiger partial charge in [0.25, 0.3) is 5.91 Å². The van der Waals surface area contributed by atoms with Crippen LogP contribution in [0.15, 0.2) is 42.5 Å². The summed E-state index contributed by atoms with van der Waals surface area (Å²) in [4.78, 5) is 14.2. The number of amides is 1. The van der Waals surface area contributed by atoms with E-state index in [9.17, 15) is 4.79 Å². The first-order valence-electron chi connectivity index (χ1n) is 8.14. The van der Waals surface area contributed by atoms with Gasteiger partial charge in [-0.05, 0) is 41.7 Å². The minimum absolute atomic E-state index is 0.0546. The molecule has 1 saturated heterocycles. The first-order valence-corrected chi connectivity index (χ1v) is 8.14. The van der Waals surface area contributed by atoms with Crippen LogP contribution in [0.4, 0.5) is 0 Å².